The summed E-state index contributed by atoms with van der Waals surface area (Å²) in [7, 11) is 0. The highest BCUT2D eigenvalue weighted by Gasteiger charge is 2.19. The molecule has 0 aliphatic carbocycles. The molecule has 0 bridgehead atoms. The normalized spacial score (nSPS) is 11.8. The minimum absolute atomic E-state index is 0.878. The molecule has 0 aliphatic heterocycles. The number of anilines is 3. The van der Waals surface area contributed by atoms with E-state index in [0.29, 0.717) is 0 Å². The van der Waals surface area contributed by atoms with E-state index in [-0.39, 0.29) is 0 Å². The monoisotopic (exact) mass is 693 g/mol. The molecule has 9 aromatic carbocycles. The third-order valence-electron chi connectivity index (χ3n) is 10.7. The Balaban J connectivity index is 1.07. The maximum absolute atomic E-state index is 6.70. The van der Waals surface area contributed by atoms with Crippen LogP contribution >= 0.6 is 11.3 Å². The summed E-state index contributed by atoms with van der Waals surface area (Å²) in [4.78, 5) is 2.33. The number of furan rings is 1. The van der Waals surface area contributed by atoms with Crippen LogP contribution in [0.15, 0.2) is 192 Å². The maximum atomic E-state index is 6.70. The molecule has 2 heterocycles. The third kappa shape index (κ3) is 4.86. The lowest BCUT2D eigenvalue weighted by Crippen LogP contribution is -2.09. The van der Waals surface area contributed by atoms with Crippen molar-refractivity contribution in [3.8, 4) is 22.3 Å². The molecule has 0 aliphatic rings. The van der Waals surface area contributed by atoms with E-state index < -0.39 is 0 Å². The van der Waals surface area contributed by atoms with Crippen LogP contribution in [0, 0.1) is 0 Å². The number of fused-ring (bicyclic) bond motifs is 10. The van der Waals surface area contributed by atoms with Gasteiger partial charge in [0.15, 0.2) is 0 Å². The van der Waals surface area contributed by atoms with Crippen LogP contribution in [0.25, 0.3) is 85.9 Å². The van der Waals surface area contributed by atoms with Crippen LogP contribution in [-0.4, -0.2) is 0 Å². The van der Waals surface area contributed by atoms with E-state index in [1.807, 2.05) is 11.3 Å². The van der Waals surface area contributed by atoms with Gasteiger partial charge in [-0.3, -0.25) is 0 Å². The Labute approximate surface area is 310 Å². The van der Waals surface area contributed by atoms with Crippen molar-refractivity contribution in [2.24, 2.45) is 0 Å². The van der Waals surface area contributed by atoms with Gasteiger partial charge in [0.05, 0.1) is 0 Å². The molecule has 0 spiro atoms. The predicted octanol–water partition coefficient (Wildman–Crippen LogP) is 15.1. The van der Waals surface area contributed by atoms with Crippen LogP contribution in [-0.2, 0) is 0 Å². The second kappa shape index (κ2) is 11.9. The fourth-order valence-corrected chi connectivity index (χ4v) is 9.38. The van der Waals surface area contributed by atoms with Crippen molar-refractivity contribution in [3.05, 3.63) is 188 Å². The molecule has 0 N–H and O–H groups in total. The Morgan fingerprint density at radius 3 is 1.79 bits per heavy atom. The van der Waals surface area contributed by atoms with Gasteiger partial charge >= 0.3 is 0 Å². The lowest BCUT2D eigenvalue weighted by molar-refractivity contribution is 0.669. The van der Waals surface area contributed by atoms with Crippen LogP contribution < -0.4 is 4.90 Å². The lowest BCUT2D eigenvalue weighted by atomic mass is 9.98. The van der Waals surface area contributed by atoms with Crippen molar-refractivity contribution in [3.63, 3.8) is 0 Å². The molecular weight excluding hydrogens is 663 g/mol. The van der Waals surface area contributed by atoms with Gasteiger partial charge in [0.2, 0.25) is 0 Å². The molecule has 0 amide bonds. The van der Waals surface area contributed by atoms with Crippen molar-refractivity contribution in [2.75, 3.05) is 4.90 Å². The van der Waals surface area contributed by atoms with E-state index in [0.717, 1.165) is 33.6 Å². The van der Waals surface area contributed by atoms with Crippen LogP contribution in [0.2, 0.25) is 0 Å². The SMILES string of the molecule is c1ccc(-c2ccc(N(c3ccc(-c4cccc5ccccc45)cc3)c3ccc4c(c3)oc3ccc5sc6c7ccccc7ccc6c5c34)cc2)cc1. The first-order valence-electron chi connectivity index (χ1n) is 18.0. The van der Waals surface area contributed by atoms with E-state index >= 15 is 0 Å². The molecule has 0 atom stereocenters. The van der Waals surface area contributed by atoms with Crippen LogP contribution in [0.4, 0.5) is 17.1 Å². The van der Waals surface area contributed by atoms with Gasteiger partial charge in [-0.2, -0.15) is 0 Å². The summed E-state index contributed by atoms with van der Waals surface area (Å²) in [6.45, 7) is 0. The molecule has 2 aromatic heterocycles. The number of rotatable bonds is 5. The predicted molar refractivity (Wildman–Crippen MR) is 227 cm³/mol. The number of benzene rings is 9. The van der Waals surface area contributed by atoms with E-state index in [9.17, 15) is 0 Å². The lowest BCUT2D eigenvalue weighted by Gasteiger charge is -2.26. The molecule has 2 nitrogen and oxygen atoms in total. The quantitative estimate of drug-likeness (QED) is 0.178. The molecule has 0 saturated heterocycles. The first kappa shape index (κ1) is 30.0. The molecule has 0 radical (unpaired) electrons. The Hall–Kier alpha value is -6.68. The van der Waals surface area contributed by atoms with Crippen molar-refractivity contribution in [1.29, 1.82) is 0 Å². The highest BCUT2D eigenvalue weighted by molar-refractivity contribution is 7.27. The smallest absolute Gasteiger partial charge is 0.137 e. The Morgan fingerprint density at radius 1 is 0.377 bits per heavy atom. The number of hydrogen-bond donors (Lipinski definition) is 0. The molecule has 0 fully saturated rings. The zero-order valence-corrected chi connectivity index (χ0v) is 29.5. The zero-order valence-electron chi connectivity index (χ0n) is 28.7. The molecule has 11 rings (SSSR count). The molecule has 11 aromatic rings. The standard InChI is InChI=1S/C50H31NOS/c1-2-9-32(10-3-1)33-17-22-37(23-18-33)51(38-24-19-36(20-25-38)41-16-8-13-34-11-4-6-14-40(34)41)39-26-28-43-46(31-39)52-45-29-30-47-49(48(43)45)44-27-21-35-12-5-7-15-42(35)50(44)53-47/h1-31H. The summed E-state index contributed by atoms with van der Waals surface area (Å²) >= 11 is 1.87. The van der Waals surface area contributed by atoms with Gasteiger partial charge in [-0.05, 0) is 92.3 Å². The molecule has 0 saturated carbocycles. The number of thiophene rings is 1. The molecule has 3 heteroatoms. The largest absolute Gasteiger partial charge is 0.456 e. The van der Waals surface area contributed by atoms with Crippen molar-refractivity contribution in [1.82, 2.24) is 0 Å². The van der Waals surface area contributed by atoms with Crippen molar-refractivity contribution >= 4 is 92.1 Å². The Morgan fingerprint density at radius 2 is 1.00 bits per heavy atom. The van der Waals surface area contributed by atoms with Crippen LogP contribution in [0.1, 0.15) is 0 Å². The van der Waals surface area contributed by atoms with Gasteiger partial charge in [-0.1, -0.05) is 133 Å². The average molecular weight is 694 g/mol. The highest BCUT2D eigenvalue weighted by Crippen LogP contribution is 2.46. The van der Waals surface area contributed by atoms with Crippen LogP contribution in [0.3, 0.4) is 0 Å². The molecular formula is C50H31NOS. The summed E-state index contributed by atoms with van der Waals surface area (Å²) in [6, 6.07) is 67.7. The minimum Gasteiger partial charge on any atom is -0.456 e. The maximum Gasteiger partial charge on any atom is 0.137 e. The van der Waals surface area contributed by atoms with E-state index in [2.05, 4.69) is 193 Å². The fourth-order valence-electron chi connectivity index (χ4n) is 8.14. The molecule has 248 valence electrons. The van der Waals surface area contributed by atoms with Gasteiger partial charge in [0.25, 0.3) is 0 Å². The summed E-state index contributed by atoms with van der Waals surface area (Å²) in [5.41, 5.74) is 9.81. The average Bonchev–Trinajstić information content (AvgIpc) is 3.80. The first-order chi connectivity index (χ1) is 26.3. The summed E-state index contributed by atoms with van der Waals surface area (Å²) in [5.74, 6) is 0. The second-order valence-electron chi connectivity index (χ2n) is 13.7. The number of nitrogens with zero attached hydrogens (tertiary/aromatic N) is 1. The van der Waals surface area contributed by atoms with Crippen molar-refractivity contribution in [2.45, 2.75) is 0 Å². The van der Waals surface area contributed by atoms with Gasteiger partial charge in [0.1, 0.15) is 11.2 Å². The summed E-state index contributed by atoms with van der Waals surface area (Å²) in [6.07, 6.45) is 0. The summed E-state index contributed by atoms with van der Waals surface area (Å²) < 4.78 is 9.31. The van der Waals surface area contributed by atoms with E-state index in [1.54, 1.807) is 0 Å². The van der Waals surface area contributed by atoms with E-state index in [1.165, 1.54) is 69.4 Å². The minimum atomic E-state index is 0.878. The first-order valence-corrected chi connectivity index (χ1v) is 18.8. The number of hydrogen-bond acceptors (Lipinski definition) is 3. The van der Waals surface area contributed by atoms with Crippen LogP contribution in [0.5, 0.6) is 0 Å². The van der Waals surface area contributed by atoms with Crippen molar-refractivity contribution < 1.29 is 4.42 Å². The van der Waals surface area contributed by atoms with Gasteiger partial charge in [0, 0.05) is 54.1 Å². The van der Waals surface area contributed by atoms with Gasteiger partial charge in [-0.25, -0.2) is 0 Å². The Kier molecular flexibility index (Phi) is 6.76. The topological polar surface area (TPSA) is 16.4 Å². The summed E-state index contributed by atoms with van der Waals surface area (Å²) in [5, 5.41) is 9.95. The Bertz CT molecular complexity index is 3150. The van der Waals surface area contributed by atoms with Gasteiger partial charge < -0.3 is 9.32 Å². The molecule has 53 heavy (non-hydrogen) atoms. The molecule has 0 unspecified atom stereocenters. The third-order valence-corrected chi connectivity index (χ3v) is 11.9. The zero-order chi connectivity index (χ0) is 34.9. The fraction of sp³-hybridized carbons (Fsp3) is 0. The van der Waals surface area contributed by atoms with E-state index in [4.69, 9.17) is 4.42 Å². The second-order valence-corrected chi connectivity index (χ2v) is 14.7. The highest BCUT2D eigenvalue weighted by atomic mass is 32.1. The van der Waals surface area contributed by atoms with Gasteiger partial charge in [-0.15, -0.1) is 11.3 Å².